The lowest BCUT2D eigenvalue weighted by Gasteiger charge is -2.43. The maximum absolute atomic E-state index is 12.3. The van der Waals surface area contributed by atoms with Gasteiger partial charge in [0, 0.05) is 24.0 Å². The van der Waals surface area contributed by atoms with Crippen LogP contribution in [0.5, 0.6) is 0 Å². The molecule has 1 heterocycles. The smallest absolute Gasteiger partial charge is 0.234 e. The van der Waals surface area contributed by atoms with Crippen LogP contribution >= 0.6 is 11.6 Å². The van der Waals surface area contributed by atoms with Crippen molar-refractivity contribution >= 4 is 23.4 Å². The number of ether oxygens (including phenoxy) is 1. The summed E-state index contributed by atoms with van der Waals surface area (Å²) in [5, 5.41) is 2.92. The van der Waals surface area contributed by atoms with Crippen LogP contribution in [0.1, 0.15) is 31.7 Å². The van der Waals surface area contributed by atoms with Gasteiger partial charge in [-0.1, -0.05) is 36.7 Å². The molecule has 0 aliphatic carbocycles. The summed E-state index contributed by atoms with van der Waals surface area (Å²) in [4.78, 5) is 24.1. The number of hydrogen-bond acceptors (Lipinski definition) is 3. The highest BCUT2D eigenvalue weighted by atomic mass is 35.5. The number of nitrogens with one attached hydrogen (secondary N) is 1. The minimum absolute atomic E-state index is 0.226. The Balaban J connectivity index is 2.53. The Morgan fingerprint density at radius 2 is 2.05 bits per heavy atom. The van der Waals surface area contributed by atoms with Crippen LogP contribution in [0.25, 0.3) is 0 Å². The number of methoxy groups -OCH3 is 1. The number of carbonyl (C=O) groups is 2. The summed E-state index contributed by atoms with van der Waals surface area (Å²) in [7, 11) is 1.58. The summed E-state index contributed by atoms with van der Waals surface area (Å²) in [6.07, 6.45) is -0.0253. The third-order valence-corrected chi connectivity index (χ3v) is 4.57. The van der Waals surface area contributed by atoms with E-state index in [0.29, 0.717) is 5.02 Å². The molecule has 20 heavy (non-hydrogen) atoms. The van der Waals surface area contributed by atoms with Gasteiger partial charge in [-0.3, -0.25) is 14.9 Å². The number of amides is 2. The van der Waals surface area contributed by atoms with E-state index < -0.39 is 11.3 Å². The molecule has 1 saturated heterocycles. The van der Waals surface area contributed by atoms with Crippen molar-refractivity contribution in [3.05, 3.63) is 34.9 Å². The highest BCUT2D eigenvalue weighted by Gasteiger charge is 2.50. The number of imide groups is 1. The fourth-order valence-corrected chi connectivity index (χ4v) is 3.10. The maximum atomic E-state index is 12.3. The van der Waals surface area contributed by atoms with Crippen LogP contribution in [0.4, 0.5) is 0 Å². The standard InChI is InChI=1S/C15H18ClNO3/c1-9(20-3)15(2)8-12(18)17-14(19)13(15)10-6-4-5-7-11(10)16/h4-7,9,13H,8H2,1-3H3,(H,17,18,19). The lowest BCUT2D eigenvalue weighted by atomic mass is 9.65. The zero-order chi connectivity index (χ0) is 14.9. The van der Waals surface area contributed by atoms with Gasteiger partial charge in [-0.25, -0.2) is 0 Å². The van der Waals surface area contributed by atoms with Crippen LogP contribution in [0.15, 0.2) is 24.3 Å². The Bertz CT molecular complexity index is 546. The first kappa shape index (κ1) is 15.0. The summed E-state index contributed by atoms with van der Waals surface area (Å²) in [5.41, 5.74) is 0.102. The normalized spacial score (nSPS) is 28.1. The van der Waals surface area contributed by atoms with E-state index in [1.165, 1.54) is 0 Å². The van der Waals surface area contributed by atoms with Crippen molar-refractivity contribution in [2.45, 2.75) is 32.3 Å². The first-order valence-electron chi connectivity index (χ1n) is 6.51. The largest absolute Gasteiger partial charge is 0.381 e. The number of halogens is 1. The first-order chi connectivity index (χ1) is 9.40. The monoisotopic (exact) mass is 295 g/mol. The van der Waals surface area contributed by atoms with Crippen molar-refractivity contribution in [3.63, 3.8) is 0 Å². The molecule has 108 valence electrons. The molecule has 0 spiro atoms. The van der Waals surface area contributed by atoms with Crippen LogP contribution in [0.3, 0.4) is 0 Å². The van der Waals surface area contributed by atoms with Gasteiger partial charge in [0.15, 0.2) is 0 Å². The Kier molecular flexibility index (Phi) is 4.16. The highest BCUT2D eigenvalue weighted by Crippen LogP contribution is 2.46. The molecule has 2 rings (SSSR count). The second-order valence-corrected chi connectivity index (χ2v) is 5.83. The molecule has 1 aromatic carbocycles. The first-order valence-corrected chi connectivity index (χ1v) is 6.89. The van der Waals surface area contributed by atoms with Gasteiger partial charge in [0.2, 0.25) is 11.8 Å². The second kappa shape index (κ2) is 5.54. The zero-order valence-corrected chi connectivity index (χ0v) is 12.5. The van der Waals surface area contributed by atoms with E-state index in [4.69, 9.17) is 16.3 Å². The lowest BCUT2D eigenvalue weighted by Crippen LogP contribution is -2.54. The molecule has 1 aromatic rings. The number of rotatable bonds is 3. The van der Waals surface area contributed by atoms with Gasteiger partial charge >= 0.3 is 0 Å². The van der Waals surface area contributed by atoms with Crippen molar-refractivity contribution in [2.75, 3.05) is 7.11 Å². The van der Waals surface area contributed by atoms with Crippen molar-refractivity contribution in [1.29, 1.82) is 0 Å². The minimum atomic E-state index is -0.626. The van der Waals surface area contributed by atoms with E-state index >= 15 is 0 Å². The quantitative estimate of drug-likeness (QED) is 0.872. The SMILES string of the molecule is COC(C)C1(C)CC(=O)NC(=O)C1c1ccccc1Cl. The summed E-state index contributed by atoms with van der Waals surface area (Å²) in [6.45, 7) is 3.77. The molecule has 1 fully saturated rings. The molecule has 1 aliphatic rings. The van der Waals surface area contributed by atoms with Gasteiger partial charge in [-0.05, 0) is 18.6 Å². The molecule has 1 aliphatic heterocycles. The van der Waals surface area contributed by atoms with Gasteiger partial charge < -0.3 is 4.74 Å². The topological polar surface area (TPSA) is 55.4 Å². The maximum Gasteiger partial charge on any atom is 0.234 e. The molecule has 5 heteroatoms. The van der Waals surface area contributed by atoms with E-state index in [9.17, 15) is 9.59 Å². The van der Waals surface area contributed by atoms with E-state index in [2.05, 4.69) is 5.32 Å². The van der Waals surface area contributed by atoms with Crippen LogP contribution in [0, 0.1) is 5.41 Å². The summed E-state index contributed by atoms with van der Waals surface area (Å²) >= 11 is 6.23. The molecule has 2 amide bonds. The number of carbonyl (C=O) groups excluding carboxylic acids is 2. The van der Waals surface area contributed by atoms with E-state index in [1.807, 2.05) is 32.0 Å². The molecule has 4 nitrogen and oxygen atoms in total. The van der Waals surface area contributed by atoms with Gasteiger partial charge in [0.1, 0.15) is 0 Å². The zero-order valence-electron chi connectivity index (χ0n) is 11.8. The molecule has 0 bridgehead atoms. The minimum Gasteiger partial charge on any atom is -0.381 e. The van der Waals surface area contributed by atoms with Gasteiger partial charge in [-0.15, -0.1) is 0 Å². The molecule has 3 unspecified atom stereocenters. The fourth-order valence-electron chi connectivity index (χ4n) is 2.85. The summed E-state index contributed by atoms with van der Waals surface area (Å²) < 4.78 is 5.41. The predicted octanol–water partition coefficient (Wildman–Crippen LogP) is 2.51. The van der Waals surface area contributed by atoms with Crippen LogP contribution in [-0.4, -0.2) is 25.0 Å². The van der Waals surface area contributed by atoms with Crippen molar-refractivity contribution < 1.29 is 14.3 Å². The summed E-state index contributed by atoms with van der Waals surface area (Å²) in [5.74, 6) is -1.10. The number of hydrogen-bond donors (Lipinski definition) is 1. The van der Waals surface area contributed by atoms with Gasteiger partial charge in [-0.2, -0.15) is 0 Å². The average molecular weight is 296 g/mol. The van der Waals surface area contributed by atoms with Crippen LogP contribution < -0.4 is 5.32 Å². The Hall–Kier alpha value is -1.39. The Morgan fingerprint density at radius 3 is 2.65 bits per heavy atom. The van der Waals surface area contributed by atoms with Crippen molar-refractivity contribution in [3.8, 4) is 0 Å². The molecule has 0 aromatic heterocycles. The third kappa shape index (κ3) is 2.45. The summed E-state index contributed by atoms with van der Waals surface area (Å²) in [6, 6.07) is 7.22. The van der Waals surface area contributed by atoms with Gasteiger partial charge in [0.25, 0.3) is 0 Å². The third-order valence-electron chi connectivity index (χ3n) is 4.22. The number of benzene rings is 1. The highest BCUT2D eigenvalue weighted by molar-refractivity contribution is 6.31. The van der Waals surface area contributed by atoms with Crippen LogP contribution in [-0.2, 0) is 14.3 Å². The average Bonchev–Trinajstić information content (AvgIpc) is 2.39. The molecular formula is C15H18ClNO3. The molecule has 0 radical (unpaired) electrons. The molecule has 0 saturated carbocycles. The lowest BCUT2D eigenvalue weighted by molar-refractivity contribution is -0.144. The van der Waals surface area contributed by atoms with Gasteiger partial charge in [0.05, 0.1) is 12.0 Å². The van der Waals surface area contributed by atoms with Crippen molar-refractivity contribution in [2.24, 2.45) is 5.41 Å². The molecule has 1 N–H and O–H groups in total. The predicted molar refractivity (Wildman–Crippen MR) is 76.5 cm³/mol. The van der Waals surface area contributed by atoms with E-state index in [0.717, 1.165) is 5.56 Å². The van der Waals surface area contributed by atoms with Crippen LogP contribution in [0.2, 0.25) is 5.02 Å². The van der Waals surface area contributed by atoms with E-state index in [1.54, 1.807) is 13.2 Å². The van der Waals surface area contributed by atoms with Crippen molar-refractivity contribution in [1.82, 2.24) is 5.32 Å². The second-order valence-electron chi connectivity index (χ2n) is 5.43. The molecular weight excluding hydrogens is 278 g/mol. The number of piperidine rings is 1. The van der Waals surface area contributed by atoms with E-state index in [-0.39, 0.29) is 24.3 Å². The fraction of sp³-hybridized carbons (Fsp3) is 0.467. The Morgan fingerprint density at radius 1 is 1.40 bits per heavy atom. The molecule has 3 atom stereocenters. The Labute approximate surface area is 123 Å².